The van der Waals surface area contributed by atoms with Crippen molar-refractivity contribution in [2.45, 2.75) is 10.5 Å². The van der Waals surface area contributed by atoms with Crippen LogP contribution in [-0.2, 0) is 0 Å². The molecule has 0 aromatic rings. The van der Waals surface area contributed by atoms with Crippen molar-refractivity contribution in [2.75, 3.05) is 0 Å². The summed E-state index contributed by atoms with van der Waals surface area (Å²) < 4.78 is 62.1. The Morgan fingerprint density at radius 2 is 1.17 bits per heavy atom. The normalized spacial score (nSPS) is 45.5. The number of rotatable bonds is 0. The highest BCUT2D eigenvalue weighted by Gasteiger charge is 2.82. The third kappa shape index (κ3) is 0.409. The van der Waals surface area contributed by atoms with E-state index in [2.05, 4.69) is 0 Å². The second kappa shape index (κ2) is 1.69. The molecule has 0 nitrogen and oxygen atoms in total. The van der Waals surface area contributed by atoms with Crippen LogP contribution in [0.25, 0.3) is 0 Å². The van der Waals surface area contributed by atoms with E-state index < -0.39 is 33.9 Å². The van der Waals surface area contributed by atoms with Gasteiger partial charge in [0.25, 0.3) is 0 Å². The lowest BCUT2D eigenvalue weighted by Gasteiger charge is -2.50. The van der Waals surface area contributed by atoms with E-state index >= 15 is 0 Å². The summed E-state index contributed by atoms with van der Waals surface area (Å²) in [6.45, 7) is 0. The van der Waals surface area contributed by atoms with Gasteiger partial charge in [0.2, 0.25) is 5.67 Å². The highest BCUT2D eigenvalue weighted by molar-refractivity contribution is 6.32. The Morgan fingerprint density at radius 1 is 0.833 bits per heavy atom. The van der Waals surface area contributed by atoms with Gasteiger partial charge in [-0.3, -0.25) is 0 Å². The third-order valence-electron chi connectivity index (χ3n) is 2.07. The zero-order valence-corrected chi connectivity index (χ0v) is 6.02. The predicted molar refractivity (Wildman–Crippen MR) is 30.9 cm³/mol. The van der Waals surface area contributed by atoms with E-state index in [0.29, 0.717) is 0 Å². The first-order valence-corrected chi connectivity index (χ1v) is 3.26. The summed E-state index contributed by atoms with van der Waals surface area (Å²) in [7, 11) is 0. The van der Waals surface area contributed by atoms with Crippen molar-refractivity contribution in [2.24, 2.45) is 0 Å². The van der Waals surface area contributed by atoms with Crippen LogP contribution in [0.15, 0.2) is 23.3 Å². The van der Waals surface area contributed by atoms with Crippen LogP contribution in [0.2, 0.25) is 0 Å². The van der Waals surface area contributed by atoms with Crippen LogP contribution in [0.3, 0.4) is 0 Å². The van der Waals surface area contributed by atoms with Crippen LogP contribution in [-0.4, -0.2) is 10.5 Å². The average Bonchev–Trinajstić information content (AvgIpc) is 2.10. The standard InChI is InChI=1S/C6ClF5/c7-5-1(8)3(10)6(5,12)4(11)2(5)9. The van der Waals surface area contributed by atoms with Crippen LogP contribution >= 0.6 is 11.6 Å². The molecule has 0 aromatic carbocycles. The van der Waals surface area contributed by atoms with Gasteiger partial charge in [-0.25, -0.2) is 22.0 Å². The Morgan fingerprint density at radius 3 is 1.42 bits per heavy atom. The molecule has 0 unspecified atom stereocenters. The molecule has 0 saturated carbocycles. The van der Waals surface area contributed by atoms with Crippen molar-refractivity contribution < 1.29 is 22.0 Å². The Kier molecular flexibility index (Phi) is 1.13. The molecule has 0 aromatic heterocycles. The molecule has 2 aliphatic rings. The number of hydrogen-bond donors (Lipinski definition) is 0. The van der Waals surface area contributed by atoms with E-state index in [-0.39, 0.29) is 0 Å². The van der Waals surface area contributed by atoms with E-state index in [1.54, 1.807) is 0 Å². The maximum Gasteiger partial charge on any atom is 0.250 e. The minimum atomic E-state index is -3.40. The number of fused-ring (bicyclic) bond motifs is 1. The van der Waals surface area contributed by atoms with E-state index in [1.807, 2.05) is 0 Å². The molecule has 0 aliphatic heterocycles. The molecule has 0 amide bonds. The Balaban J connectivity index is 2.61. The van der Waals surface area contributed by atoms with Crippen molar-refractivity contribution in [1.29, 1.82) is 0 Å². The Bertz CT molecular complexity index is 284. The van der Waals surface area contributed by atoms with Crippen LogP contribution in [0.4, 0.5) is 22.0 Å². The van der Waals surface area contributed by atoms with Crippen LogP contribution < -0.4 is 0 Å². The molecule has 2 aliphatic carbocycles. The highest BCUT2D eigenvalue weighted by atomic mass is 35.5. The highest BCUT2D eigenvalue weighted by Crippen LogP contribution is 2.70. The molecule has 6 heteroatoms. The smallest absolute Gasteiger partial charge is 0.225 e. The molecule has 0 fully saturated rings. The van der Waals surface area contributed by atoms with Gasteiger partial charge >= 0.3 is 0 Å². The van der Waals surface area contributed by atoms with Gasteiger partial charge in [0, 0.05) is 0 Å². The van der Waals surface area contributed by atoms with E-state index in [0.717, 1.165) is 0 Å². The summed E-state index contributed by atoms with van der Waals surface area (Å²) in [6.07, 6.45) is 0. The topological polar surface area (TPSA) is 0 Å². The third-order valence-corrected chi connectivity index (χ3v) is 2.66. The second-order valence-corrected chi connectivity index (χ2v) is 3.14. The van der Waals surface area contributed by atoms with Crippen LogP contribution in [0.1, 0.15) is 0 Å². The number of alkyl halides is 2. The summed E-state index contributed by atoms with van der Waals surface area (Å²) in [4.78, 5) is -2.86. The summed E-state index contributed by atoms with van der Waals surface area (Å²) in [5, 5.41) is 0. The van der Waals surface area contributed by atoms with Crippen molar-refractivity contribution >= 4 is 11.6 Å². The monoisotopic (exact) mass is 202 g/mol. The van der Waals surface area contributed by atoms with Gasteiger partial charge in [-0.15, -0.1) is 0 Å². The summed E-state index contributed by atoms with van der Waals surface area (Å²) in [6, 6.07) is 0. The molecular formula is C6ClF5. The maximum atomic E-state index is 12.9. The molecule has 12 heavy (non-hydrogen) atoms. The van der Waals surface area contributed by atoms with Crippen molar-refractivity contribution in [3.63, 3.8) is 0 Å². The average molecular weight is 203 g/mol. The lowest BCUT2D eigenvalue weighted by Crippen LogP contribution is -2.65. The van der Waals surface area contributed by atoms with Gasteiger partial charge in [-0.2, -0.15) is 0 Å². The van der Waals surface area contributed by atoms with Gasteiger partial charge in [-0.1, -0.05) is 11.6 Å². The van der Waals surface area contributed by atoms with E-state index in [9.17, 15) is 22.0 Å². The first kappa shape index (κ1) is 8.04. The predicted octanol–water partition coefficient (Wildman–Crippen LogP) is 3.00. The zero-order chi connectivity index (χ0) is 9.31. The minimum Gasteiger partial charge on any atom is -0.225 e. The zero-order valence-electron chi connectivity index (χ0n) is 5.27. The minimum absolute atomic E-state index is 1.79. The molecule has 0 bridgehead atoms. The Labute approximate surface area is 68.3 Å². The fourth-order valence-corrected chi connectivity index (χ4v) is 1.61. The van der Waals surface area contributed by atoms with Crippen LogP contribution in [0, 0.1) is 0 Å². The van der Waals surface area contributed by atoms with Gasteiger partial charge in [0.1, 0.15) is 0 Å². The molecule has 0 atom stereocenters. The molecule has 0 heterocycles. The lowest BCUT2D eigenvalue weighted by molar-refractivity contribution is 0.0361. The quantitative estimate of drug-likeness (QED) is 0.418. The summed E-state index contributed by atoms with van der Waals surface area (Å²) in [5.74, 6) is -7.52. The SMILES string of the molecule is FC1=C(F)C2(Cl)C(F)=C(F)C12F. The first-order valence-electron chi connectivity index (χ1n) is 2.88. The summed E-state index contributed by atoms with van der Waals surface area (Å²) >= 11 is 4.95. The fourth-order valence-electron chi connectivity index (χ4n) is 1.28. The number of hydrogen-bond acceptors (Lipinski definition) is 0. The van der Waals surface area contributed by atoms with Crippen molar-refractivity contribution in [3.8, 4) is 0 Å². The molecule has 2 rings (SSSR count). The molecule has 0 N–H and O–H groups in total. The molecular weight excluding hydrogens is 203 g/mol. The Hall–Kier alpha value is -0.580. The molecule has 0 spiro atoms. The fraction of sp³-hybridized carbons (Fsp3) is 0.333. The molecule has 0 saturated heterocycles. The maximum absolute atomic E-state index is 12.9. The van der Waals surface area contributed by atoms with E-state index in [4.69, 9.17) is 11.6 Å². The first-order chi connectivity index (χ1) is 5.38. The number of allylic oxidation sites excluding steroid dienone is 4. The molecule has 0 radical (unpaired) electrons. The number of halogens is 6. The van der Waals surface area contributed by atoms with Gasteiger partial charge in [-0.05, 0) is 0 Å². The van der Waals surface area contributed by atoms with Crippen LogP contribution in [0.5, 0.6) is 0 Å². The van der Waals surface area contributed by atoms with E-state index in [1.165, 1.54) is 0 Å². The van der Waals surface area contributed by atoms with Gasteiger partial charge in [0.05, 0.1) is 0 Å². The summed E-state index contributed by atoms with van der Waals surface area (Å²) in [5.41, 5.74) is -3.40. The van der Waals surface area contributed by atoms with Crippen molar-refractivity contribution in [3.05, 3.63) is 23.3 Å². The lowest BCUT2D eigenvalue weighted by atomic mass is 9.65. The second-order valence-electron chi connectivity index (χ2n) is 2.57. The largest absolute Gasteiger partial charge is 0.250 e. The van der Waals surface area contributed by atoms with Crippen molar-refractivity contribution in [1.82, 2.24) is 0 Å². The molecule has 66 valence electrons. The van der Waals surface area contributed by atoms with Gasteiger partial charge < -0.3 is 0 Å². The van der Waals surface area contributed by atoms with Gasteiger partial charge in [0.15, 0.2) is 28.2 Å².